The van der Waals surface area contributed by atoms with Gasteiger partial charge in [0.05, 0.1) is 11.0 Å². The lowest BCUT2D eigenvalue weighted by atomic mass is 10.1. The Hall–Kier alpha value is -1.81. The number of likely N-dealkylation sites (N-methyl/N-ethyl adjacent to an activating group) is 1. The molecule has 0 spiro atoms. The molecule has 4 heteroatoms. The van der Waals surface area contributed by atoms with Crippen LogP contribution in [0.2, 0.25) is 0 Å². The quantitative estimate of drug-likeness (QED) is 0.776. The molecule has 0 aliphatic heterocycles. The number of nitrogens with one attached hydrogen (secondary N) is 1. The van der Waals surface area contributed by atoms with Crippen LogP contribution in [0.1, 0.15) is 18.2 Å². The van der Waals surface area contributed by atoms with E-state index in [4.69, 9.17) is 4.98 Å². The second kappa shape index (κ2) is 4.70. The van der Waals surface area contributed by atoms with Crippen LogP contribution >= 0.6 is 0 Å². The highest BCUT2D eigenvalue weighted by molar-refractivity contribution is 5.80. The largest absolute Gasteiger partial charge is 0.319 e. The molecule has 0 unspecified atom stereocenters. The molecule has 0 saturated carbocycles. The summed E-state index contributed by atoms with van der Waals surface area (Å²) in [7, 11) is 4.07. The van der Waals surface area contributed by atoms with Gasteiger partial charge in [0.1, 0.15) is 0 Å². The summed E-state index contributed by atoms with van der Waals surface area (Å²) in [6.07, 6.45) is 4.27. The molecule has 3 aromatic rings. The van der Waals surface area contributed by atoms with E-state index in [1.165, 1.54) is 16.8 Å². The summed E-state index contributed by atoms with van der Waals surface area (Å²) in [6.45, 7) is 3.16. The van der Waals surface area contributed by atoms with Crippen molar-refractivity contribution in [2.45, 2.75) is 19.8 Å². The van der Waals surface area contributed by atoms with Gasteiger partial charge in [-0.1, -0.05) is 13.0 Å². The zero-order valence-corrected chi connectivity index (χ0v) is 11.8. The smallest absolute Gasteiger partial charge is 0.214 e. The minimum absolute atomic E-state index is 0.985. The fourth-order valence-electron chi connectivity index (χ4n) is 2.56. The third kappa shape index (κ3) is 1.92. The number of aryl methyl sites for hydroxylation is 2. The number of hydrogen-bond acceptors (Lipinski definition) is 2. The maximum Gasteiger partial charge on any atom is 0.214 e. The van der Waals surface area contributed by atoms with Crippen LogP contribution in [-0.4, -0.2) is 27.5 Å². The maximum absolute atomic E-state index is 4.76. The summed E-state index contributed by atoms with van der Waals surface area (Å²) in [4.78, 5) is 4.76. The molecule has 0 radical (unpaired) electrons. The molecule has 0 fully saturated rings. The van der Waals surface area contributed by atoms with E-state index < -0.39 is 0 Å². The van der Waals surface area contributed by atoms with Gasteiger partial charge in [-0.15, -0.1) is 0 Å². The molecule has 1 aromatic carbocycles. The van der Waals surface area contributed by atoms with E-state index in [0.717, 1.165) is 30.7 Å². The lowest BCUT2D eigenvalue weighted by molar-refractivity contribution is 0.744. The molecule has 4 nitrogen and oxygen atoms in total. The second-order valence-electron chi connectivity index (χ2n) is 4.99. The summed E-state index contributed by atoms with van der Waals surface area (Å²) < 4.78 is 4.38. The van der Waals surface area contributed by atoms with E-state index >= 15 is 0 Å². The first-order valence-corrected chi connectivity index (χ1v) is 6.84. The Balaban J connectivity index is 2.15. The summed E-state index contributed by atoms with van der Waals surface area (Å²) >= 11 is 0. The van der Waals surface area contributed by atoms with Gasteiger partial charge < -0.3 is 9.88 Å². The normalized spacial score (nSPS) is 11.7. The van der Waals surface area contributed by atoms with Crippen molar-refractivity contribution in [3.05, 3.63) is 35.7 Å². The van der Waals surface area contributed by atoms with Crippen LogP contribution in [0, 0.1) is 0 Å². The highest BCUT2D eigenvalue weighted by Gasteiger charge is 2.11. The van der Waals surface area contributed by atoms with Gasteiger partial charge in [0, 0.05) is 31.9 Å². The second-order valence-corrected chi connectivity index (χ2v) is 4.99. The van der Waals surface area contributed by atoms with Crippen LogP contribution in [-0.2, 0) is 19.9 Å². The van der Waals surface area contributed by atoms with Crippen molar-refractivity contribution in [2.75, 3.05) is 13.6 Å². The first kappa shape index (κ1) is 12.2. The minimum Gasteiger partial charge on any atom is -0.319 e. The number of aromatic nitrogens is 3. The minimum atomic E-state index is 0.985. The SMILES string of the molecule is CCc1ccc2c(c1)nc1n(C)c(CCNC)cn21. The van der Waals surface area contributed by atoms with E-state index in [2.05, 4.69) is 52.7 Å². The van der Waals surface area contributed by atoms with Gasteiger partial charge in [0.25, 0.3) is 0 Å². The van der Waals surface area contributed by atoms with Gasteiger partial charge in [-0.05, 0) is 31.2 Å². The molecule has 0 saturated heterocycles. The van der Waals surface area contributed by atoms with Crippen LogP contribution in [0.4, 0.5) is 0 Å². The third-order valence-corrected chi connectivity index (χ3v) is 3.78. The van der Waals surface area contributed by atoms with E-state index in [-0.39, 0.29) is 0 Å². The molecule has 19 heavy (non-hydrogen) atoms. The van der Waals surface area contributed by atoms with Crippen molar-refractivity contribution < 1.29 is 0 Å². The number of benzene rings is 1. The Morgan fingerprint density at radius 2 is 2.16 bits per heavy atom. The van der Waals surface area contributed by atoms with Crippen LogP contribution in [0.15, 0.2) is 24.4 Å². The van der Waals surface area contributed by atoms with Gasteiger partial charge in [-0.3, -0.25) is 4.40 Å². The number of rotatable bonds is 4. The Kier molecular flexibility index (Phi) is 3.03. The van der Waals surface area contributed by atoms with Gasteiger partial charge >= 0.3 is 0 Å². The molecule has 0 bridgehead atoms. The molecule has 100 valence electrons. The molecule has 0 aliphatic rings. The van der Waals surface area contributed by atoms with Crippen LogP contribution in [0.25, 0.3) is 16.8 Å². The molecule has 2 aromatic heterocycles. The fraction of sp³-hybridized carbons (Fsp3) is 0.400. The van der Waals surface area contributed by atoms with E-state index in [1.54, 1.807) is 0 Å². The summed E-state index contributed by atoms with van der Waals surface area (Å²) in [5, 5.41) is 3.19. The lowest BCUT2D eigenvalue weighted by Gasteiger charge is -2.01. The Bertz CT molecular complexity index is 720. The molecule has 1 N–H and O–H groups in total. The Morgan fingerprint density at radius 1 is 1.32 bits per heavy atom. The number of imidazole rings is 2. The van der Waals surface area contributed by atoms with E-state index in [1.807, 2.05) is 7.05 Å². The highest BCUT2D eigenvalue weighted by Crippen LogP contribution is 2.20. The number of hydrogen-bond donors (Lipinski definition) is 1. The maximum atomic E-state index is 4.76. The molecule has 0 atom stereocenters. The molecule has 0 amide bonds. The molecule has 0 aliphatic carbocycles. The number of nitrogens with zero attached hydrogens (tertiary/aromatic N) is 3. The zero-order chi connectivity index (χ0) is 13.4. The predicted octanol–water partition coefficient (Wildman–Crippen LogP) is 2.15. The van der Waals surface area contributed by atoms with Crippen LogP contribution in [0.5, 0.6) is 0 Å². The van der Waals surface area contributed by atoms with Crippen molar-refractivity contribution in [2.24, 2.45) is 7.05 Å². The van der Waals surface area contributed by atoms with Crippen LogP contribution < -0.4 is 5.32 Å². The molecular weight excluding hydrogens is 236 g/mol. The molecular formula is C15H20N4. The van der Waals surface area contributed by atoms with Crippen molar-refractivity contribution in [1.29, 1.82) is 0 Å². The standard InChI is InChI=1S/C15H20N4/c1-4-11-5-6-14-13(9-11)17-15-18(3)12(7-8-16-2)10-19(14)15/h5-6,9-10,16H,4,7-8H2,1-3H3. The average molecular weight is 256 g/mol. The summed E-state index contributed by atoms with van der Waals surface area (Å²) in [5.74, 6) is 1.02. The Morgan fingerprint density at radius 3 is 2.89 bits per heavy atom. The Labute approximate surface area is 113 Å². The molecule has 3 rings (SSSR count). The van der Waals surface area contributed by atoms with Crippen molar-refractivity contribution in [1.82, 2.24) is 19.3 Å². The first-order valence-electron chi connectivity index (χ1n) is 6.84. The highest BCUT2D eigenvalue weighted by atomic mass is 15.2. The van der Waals surface area contributed by atoms with Crippen LogP contribution in [0.3, 0.4) is 0 Å². The zero-order valence-electron chi connectivity index (χ0n) is 11.8. The third-order valence-electron chi connectivity index (χ3n) is 3.78. The monoisotopic (exact) mass is 256 g/mol. The summed E-state index contributed by atoms with van der Waals surface area (Å²) in [5.41, 5.74) is 4.92. The fourth-order valence-corrected chi connectivity index (χ4v) is 2.56. The number of fused-ring (bicyclic) bond motifs is 3. The lowest BCUT2D eigenvalue weighted by Crippen LogP contribution is -2.12. The predicted molar refractivity (Wildman–Crippen MR) is 78.7 cm³/mol. The first-order chi connectivity index (χ1) is 9.24. The van der Waals surface area contributed by atoms with Crippen molar-refractivity contribution >= 4 is 16.8 Å². The van der Waals surface area contributed by atoms with Crippen molar-refractivity contribution in [3.8, 4) is 0 Å². The summed E-state index contributed by atoms with van der Waals surface area (Å²) in [6, 6.07) is 6.56. The average Bonchev–Trinajstić information content (AvgIpc) is 2.93. The van der Waals surface area contributed by atoms with E-state index in [9.17, 15) is 0 Å². The molecule has 2 heterocycles. The van der Waals surface area contributed by atoms with Gasteiger partial charge in [-0.2, -0.15) is 0 Å². The topological polar surface area (TPSA) is 34.3 Å². The van der Waals surface area contributed by atoms with Gasteiger partial charge in [0.2, 0.25) is 5.78 Å². The van der Waals surface area contributed by atoms with Crippen molar-refractivity contribution in [3.63, 3.8) is 0 Å². The van der Waals surface area contributed by atoms with Gasteiger partial charge in [-0.25, -0.2) is 4.98 Å². The van der Waals surface area contributed by atoms with E-state index in [0.29, 0.717) is 0 Å². The van der Waals surface area contributed by atoms with Gasteiger partial charge in [0.15, 0.2) is 0 Å².